The maximum absolute atomic E-state index is 12.4. The van der Waals surface area contributed by atoms with E-state index in [1.165, 1.54) is 11.1 Å². The van der Waals surface area contributed by atoms with Crippen molar-refractivity contribution >= 4 is 17.4 Å². The number of rotatable bonds is 5. The third kappa shape index (κ3) is 4.31. The molecule has 1 saturated heterocycles. The number of nitrogens with zero attached hydrogens (tertiary/aromatic N) is 3. The number of nitrogens with one attached hydrogen (secondary N) is 2. The fraction of sp³-hybridized carbons (Fsp3) is 0.476. The van der Waals surface area contributed by atoms with Gasteiger partial charge in [0, 0.05) is 38.0 Å². The first-order chi connectivity index (χ1) is 13.7. The number of ether oxygens (including phenoxy) is 1. The number of anilines is 2. The van der Waals surface area contributed by atoms with Gasteiger partial charge in [0.15, 0.2) is 11.5 Å². The average molecular weight is 381 g/mol. The van der Waals surface area contributed by atoms with Crippen LogP contribution in [0.15, 0.2) is 30.3 Å². The molecule has 1 fully saturated rings. The molecule has 1 aromatic heterocycles. The van der Waals surface area contributed by atoms with Crippen LogP contribution in [-0.4, -0.2) is 53.3 Å². The number of amides is 1. The molecule has 0 aliphatic carbocycles. The highest BCUT2D eigenvalue weighted by atomic mass is 16.5. The molecule has 148 valence electrons. The minimum Gasteiger partial charge on any atom is -0.381 e. The van der Waals surface area contributed by atoms with Crippen molar-refractivity contribution in [1.82, 2.24) is 20.4 Å². The maximum Gasteiger partial charge on any atom is 0.272 e. The molecular formula is C21H27N5O2. The Hall–Kier alpha value is -2.51. The Morgan fingerprint density at radius 3 is 2.82 bits per heavy atom. The number of carbonyl (C=O) groups excluding carboxylic acids is 1. The lowest BCUT2D eigenvalue weighted by Gasteiger charge is -2.29. The molecule has 0 spiro atoms. The number of hydrogen-bond acceptors (Lipinski definition) is 6. The van der Waals surface area contributed by atoms with Crippen LogP contribution >= 0.6 is 0 Å². The van der Waals surface area contributed by atoms with Crippen LogP contribution in [0, 0.1) is 0 Å². The van der Waals surface area contributed by atoms with Crippen LogP contribution in [0.3, 0.4) is 0 Å². The van der Waals surface area contributed by atoms with Crippen molar-refractivity contribution in [2.75, 3.05) is 31.6 Å². The second kappa shape index (κ2) is 8.67. The predicted molar refractivity (Wildman–Crippen MR) is 108 cm³/mol. The molecule has 2 N–H and O–H groups in total. The number of benzene rings is 1. The Bertz CT molecular complexity index is 818. The zero-order valence-electron chi connectivity index (χ0n) is 16.3. The van der Waals surface area contributed by atoms with Gasteiger partial charge in [-0.3, -0.25) is 9.69 Å². The molecule has 4 rings (SSSR count). The first kappa shape index (κ1) is 18.8. The van der Waals surface area contributed by atoms with Gasteiger partial charge in [0.1, 0.15) is 0 Å². The lowest BCUT2D eigenvalue weighted by atomic mass is 9.98. The van der Waals surface area contributed by atoms with Crippen molar-refractivity contribution in [3.05, 3.63) is 47.2 Å². The monoisotopic (exact) mass is 381 g/mol. The highest BCUT2D eigenvalue weighted by Gasteiger charge is 2.19. The van der Waals surface area contributed by atoms with Gasteiger partial charge in [0.2, 0.25) is 0 Å². The van der Waals surface area contributed by atoms with Crippen molar-refractivity contribution < 1.29 is 9.53 Å². The van der Waals surface area contributed by atoms with E-state index >= 15 is 0 Å². The molecule has 2 aromatic rings. The fourth-order valence-corrected chi connectivity index (χ4v) is 3.81. The van der Waals surface area contributed by atoms with E-state index in [-0.39, 0.29) is 11.9 Å². The normalized spacial score (nSPS) is 17.8. The smallest absolute Gasteiger partial charge is 0.272 e. The number of likely N-dealkylation sites (N-methyl/N-ethyl adjacent to an activating group) is 1. The summed E-state index contributed by atoms with van der Waals surface area (Å²) >= 11 is 0. The largest absolute Gasteiger partial charge is 0.381 e. The molecule has 7 heteroatoms. The summed E-state index contributed by atoms with van der Waals surface area (Å²) in [5.74, 6) is 0.469. The van der Waals surface area contributed by atoms with E-state index in [4.69, 9.17) is 4.74 Å². The zero-order chi connectivity index (χ0) is 19.3. The summed E-state index contributed by atoms with van der Waals surface area (Å²) in [7, 11) is 0. The third-order valence-corrected chi connectivity index (χ3v) is 5.51. The van der Waals surface area contributed by atoms with Gasteiger partial charge in [0.25, 0.3) is 5.91 Å². The molecule has 3 heterocycles. The van der Waals surface area contributed by atoms with Crippen LogP contribution in [0.5, 0.6) is 0 Å². The van der Waals surface area contributed by atoms with E-state index in [0.29, 0.717) is 24.7 Å². The Labute approximate surface area is 165 Å². The van der Waals surface area contributed by atoms with Gasteiger partial charge < -0.3 is 15.4 Å². The zero-order valence-corrected chi connectivity index (χ0v) is 16.3. The summed E-state index contributed by atoms with van der Waals surface area (Å²) in [6, 6.07) is 10.0. The van der Waals surface area contributed by atoms with Gasteiger partial charge in [-0.2, -0.15) is 0 Å². The van der Waals surface area contributed by atoms with Gasteiger partial charge >= 0.3 is 0 Å². The predicted octanol–water partition coefficient (Wildman–Crippen LogP) is 2.51. The Morgan fingerprint density at radius 2 is 2.07 bits per heavy atom. The van der Waals surface area contributed by atoms with E-state index in [0.717, 1.165) is 44.6 Å². The highest BCUT2D eigenvalue weighted by Crippen LogP contribution is 2.27. The van der Waals surface area contributed by atoms with Gasteiger partial charge in [0.05, 0.1) is 0 Å². The summed E-state index contributed by atoms with van der Waals surface area (Å²) in [6.07, 6.45) is 2.70. The minimum absolute atomic E-state index is 0.152. The fourth-order valence-electron chi connectivity index (χ4n) is 3.81. The van der Waals surface area contributed by atoms with Gasteiger partial charge in [-0.1, -0.05) is 19.1 Å². The summed E-state index contributed by atoms with van der Waals surface area (Å²) in [4.78, 5) is 14.8. The number of aromatic nitrogens is 2. The average Bonchev–Trinajstić information content (AvgIpc) is 2.75. The van der Waals surface area contributed by atoms with E-state index in [9.17, 15) is 4.79 Å². The molecular weight excluding hydrogens is 354 g/mol. The van der Waals surface area contributed by atoms with Crippen molar-refractivity contribution in [2.24, 2.45) is 0 Å². The molecule has 2 aliphatic rings. The van der Waals surface area contributed by atoms with Crippen LogP contribution in [0.4, 0.5) is 11.5 Å². The van der Waals surface area contributed by atoms with Crippen LogP contribution in [0.1, 0.15) is 41.4 Å². The molecule has 7 nitrogen and oxygen atoms in total. The van der Waals surface area contributed by atoms with E-state index < -0.39 is 0 Å². The van der Waals surface area contributed by atoms with Crippen molar-refractivity contribution in [3.8, 4) is 0 Å². The lowest BCUT2D eigenvalue weighted by Crippen LogP contribution is -2.39. The van der Waals surface area contributed by atoms with E-state index in [2.05, 4.69) is 50.9 Å². The van der Waals surface area contributed by atoms with Crippen molar-refractivity contribution in [3.63, 3.8) is 0 Å². The molecule has 0 radical (unpaired) electrons. The molecule has 0 saturated carbocycles. The van der Waals surface area contributed by atoms with E-state index in [1.807, 2.05) is 6.07 Å². The van der Waals surface area contributed by atoms with E-state index in [1.54, 1.807) is 6.07 Å². The topological polar surface area (TPSA) is 79.4 Å². The number of fused-ring (bicyclic) bond motifs is 1. The quantitative estimate of drug-likeness (QED) is 0.829. The second-order valence-corrected chi connectivity index (χ2v) is 7.35. The first-order valence-electron chi connectivity index (χ1n) is 10.1. The second-order valence-electron chi connectivity index (χ2n) is 7.35. The summed E-state index contributed by atoms with van der Waals surface area (Å²) in [6.45, 7) is 6.70. The molecule has 28 heavy (non-hydrogen) atoms. The first-order valence-corrected chi connectivity index (χ1v) is 10.1. The molecule has 2 aliphatic heterocycles. The van der Waals surface area contributed by atoms with Gasteiger partial charge in [-0.25, -0.2) is 0 Å². The van der Waals surface area contributed by atoms with Crippen molar-refractivity contribution in [1.29, 1.82) is 0 Å². The van der Waals surface area contributed by atoms with Crippen LogP contribution in [0.2, 0.25) is 0 Å². The Morgan fingerprint density at radius 1 is 1.21 bits per heavy atom. The maximum atomic E-state index is 12.4. The molecule has 1 aromatic carbocycles. The van der Waals surface area contributed by atoms with Crippen LogP contribution < -0.4 is 10.6 Å². The summed E-state index contributed by atoms with van der Waals surface area (Å²) in [5.41, 5.74) is 4.11. The number of carbonyl (C=O) groups is 1. The third-order valence-electron chi connectivity index (χ3n) is 5.51. The molecule has 1 amide bonds. The summed E-state index contributed by atoms with van der Waals surface area (Å²) in [5, 5.41) is 14.7. The standard InChI is InChI=1S/C21H27N5O2/c1-2-26-11-8-17-15(14-26)4-3-5-18(17)23-20-7-6-19(24-25-20)21(27)22-16-9-12-28-13-10-16/h3-7,16H,2,8-14H2,1H3,(H,22,27)(H,23,25). The molecule has 0 atom stereocenters. The SMILES string of the molecule is CCN1CCc2c(cccc2Nc2ccc(C(=O)NC3CCOCC3)nn2)C1. The van der Waals surface area contributed by atoms with Crippen LogP contribution in [-0.2, 0) is 17.7 Å². The Balaban J connectivity index is 1.42. The molecule has 0 unspecified atom stereocenters. The van der Waals surface area contributed by atoms with Gasteiger partial charge in [-0.05, 0) is 55.1 Å². The minimum atomic E-state index is -0.178. The molecule has 0 bridgehead atoms. The van der Waals surface area contributed by atoms with Crippen molar-refractivity contribution in [2.45, 2.75) is 38.8 Å². The lowest BCUT2D eigenvalue weighted by molar-refractivity contribution is 0.0693. The van der Waals surface area contributed by atoms with Crippen LogP contribution in [0.25, 0.3) is 0 Å². The number of hydrogen-bond donors (Lipinski definition) is 2. The van der Waals surface area contributed by atoms with Gasteiger partial charge in [-0.15, -0.1) is 10.2 Å². The highest BCUT2D eigenvalue weighted by molar-refractivity contribution is 5.92. The Kier molecular flexibility index (Phi) is 5.83. The summed E-state index contributed by atoms with van der Waals surface area (Å²) < 4.78 is 5.32.